The van der Waals surface area contributed by atoms with Crippen molar-refractivity contribution in [2.75, 3.05) is 0 Å². The Morgan fingerprint density at radius 3 is 2.14 bits per heavy atom. The molecule has 0 heterocycles. The molecule has 3 rings (SSSR count). The van der Waals surface area contributed by atoms with Gasteiger partial charge in [0.25, 0.3) is 5.69 Å². The number of rotatable bonds is 1. The number of phenolic OH excluding ortho intramolecular Hbond substituents is 4. The second-order valence-corrected chi connectivity index (χ2v) is 4.51. The van der Waals surface area contributed by atoms with Crippen molar-refractivity contribution in [3.8, 4) is 23.0 Å². The lowest BCUT2D eigenvalue weighted by atomic mass is 9.98. The second kappa shape index (κ2) is 4.14. The molecule has 0 saturated carbocycles. The third-order valence-corrected chi connectivity index (χ3v) is 3.37. The molecule has 106 valence electrons. The monoisotopic (exact) mass is 287 g/mol. The van der Waals surface area contributed by atoms with Gasteiger partial charge in [-0.15, -0.1) is 0 Å². The van der Waals surface area contributed by atoms with Crippen molar-refractivity contribution in [3.05, 3.63) is 40.4 Å². The third-order valence-electron chi connectivity index (χ3n) is 3.37. The molecule has 7 heteroatoms. The van der Waals surface area contributed by atoms with Crippen LogP contribution >= 0.6 is 0 Å². The van der Waals surface area contributed by atoms with E-state index in [4.69, 9.17) is 0 Å². The van der Waals surface area contributed by atoms with Crippen LogP contribution in [0.25, 0.3) is 21.5 Å². The summed E-state index contributed by atoms with van der Waals surface area (Å²) in [6.07, 6.45) is 0. The summed E-state index contributed by atoms with van der Waals surface area (Å²) >= 11 is 0. The maximum absolute atomic E-state index is 11.1. The highest BCUT2D eigenvalue weighted by Crippen LogP contribution is 2.50. The fourth-order valence-electron chi connectivity index (χ4n) is 2.46. The maximum Gasteiger partial charge on any atom is 0.281 e. The molecule has 0 atom stereocenters. The van der Waals surface area contributed by atoms with Crippen molar-refractivity contribution < 1.29 is 25.3 Å². The molecule has 0 aliphatic heterocycles. The Morgan fingerprint density at radius 2 is 1.48 bits per heavy atom. The number of hydrogen-bond donors (Lipinski definition) is 4. The van der Waals surface area contributed by atoms with Gasteiger partial charge >= 0.3 is 0 Å². The Balaban J connectivity index is 2.71. The number of nitro benzene ring substituents is 1. The fourth-order valence-corrected chi connectivity index (χ4v) is 2.46. The quantitative estimate of drug-likeness (QED) is 0.236. The van der Waals surface area contributed by atoms with Crippen LogP contribution in [-0.2, 0) is 0 Å². The fraction of sp³-hybridized carbons (Fsp3) is 0. The van der Waals surface area contributed by atoms with Gasteiger partial charge in [-0.25, -0.2) is 0 Å². The molecule has 0 spiro atoms. The molecule has 3 aromatic rings. The van der Waals surface area contributed by atoms with Gasteiger partial charge < -0.3 is 20.4 Å². The van der Waals surface area contributed by atoms with Crippen LogP contribution in [0.2, 0.25) is 0 Å². The van der Waals surface area contributed by atoms with E-state index in [0.29, 0.717) is 0 Å². The SMILES string of the molecule is O=[N+]([O-])c1ccc(O)c2c(O)c3c(O)cccc3c(O)c12. The van der Waals surface area contributed by atoms with Crippen molar-refractivity contribution in [1.29, 1.82) is 0 Å². The lowest BCUT2D eigenvalue weighted by Gasteiger charge is -2.11. The number of hydrogen-bond acceptors (Lipinski definition) is 6. The van der Waals surface area contributed by atoms with Crippen LogP contribution in [0.15, 0.2) is 30.3 Å². The lowest BCUT2D eigenvalue weighted by Crippen LogP contribution is -1.91. The van der Waals surface area contributed by atoms with Gasteiger partial charge in [-0.2, -0.15) is 0 Å². The highest BCUT2D eigenvalue weighted by Gasteiger charge is 2.25. The van der Waals surface area contributed by atoms with Gasteiger partial charge in [-0.3, -0.25) is 10.1 Å². The standard InChI is InChI=1S/C14H9NO6/c16-8-3-1-2-6-10(8)14(19)12-9(17)5-4-7(15(20)21)11(12)13(6)18/h1-5,16-19H. The molecule has 0 bridgehead atoms. The van der Waals surface area contributed by atoms with E-state index >= 15 is 0 Å². The van der Waals surface area contributed by atoms with E-state index in [1.807, 2.05) is 0 Å². The van der Waals surface area contributed by atoms with E-state index in [2.05, 4.69) is 0 Å². The summed E-state index contributed by atoms with van der Waals surface area (Å²) in [6.45, 7) is 0. The van der Waals surface area contributed by atoms with E-state index < -0.39 is 27.9 Å². The summed E-state index contributed by atoms with van der Waals surface area (Å²) in [6, 6.07) is 6.20. The first kappa shape index (κ1) is 12.8. The molecule has 0 unspecified atom stereocenters. The molecule has 0 fully saturated rings. The molecule has 0 aliphatic rings. The number of phenols is 4. The Labute approximate surface area is 117 Å². The van der Waals surface area contributed by atoms with E-state index in [-0.39, 0.29) is 27.3 Å². The zero-order valence-electron chi connectivity index (χ0n) is 10.4. The molecule has 7 nitrogen and oxygen atoms in total. The highest BCUT2D eigenvalue weighted by atomic mass is 16.6. The van der Waals surface area contributed by atoms with Crippen molar-refractivity contribution in [2.45, 2.75) is 0 Å². The van der Waals surface area contributed by atoms with Gasteiger partial charge in [0.2, 0.25) is 0 Å². The van der Waals surface area contributed by atoms with Crippen molar-refractivity contribution in [2.24, 2.45) is 0 Å². The van der Waals surface area contributed by atoms with E-state index in [1.54, 1.807) is 0 Å². The first-order valence-electron chi connectivity index (χ1n) is 5.89. The highest BCUT2D eigenvalue weighted by molar-refractivity contribution is 6.16. The van der Waals surface area contributed by atoms with Crippen LogP contribution in [0.4, 0.5) is 5.69 Å². The van der Waals surface area contributed by atoms with E-state index in [0.717, 1.165) is 12.1 Å². The molecular weight excluding hydrogens is 278 g/mol. The summed E-state index contributed by atoms with van der Waals surface area (Å²) in [7, 11) is 0. The smallest absolute Gasteiger partial charge is 0.281 e. The van der Waals surface area contributed by atoms with Crippen LogP contribution in [-0.4, -0.2) is 25.3 Å². The van der Waals surface area contributed by atoms with Gasteiger partial charge in [0.15, 0.2) is 0 Å². The molecule has 0 aromatic heterocycles. The zero-order chi connectivity index (χ0) is 15.3. The van der Waals surface area contributed by atoms with Crippen molar-refractivity contribution >= 4 is 27.2 Å². The molecule has 0 saturated heterocycles. The number of nitro groups is 1. The minimum atomic E-state index is -0.727. The summed E-state index contributed by atoms with van der Waals surface area (Å²) in [5.41, 5.74) is -0.458. The second-order valence-electron chi connectivity index (χ2n) is 4.51. The first-order chi connectivity index (χ1) is 9.93. The molecular formula is C14H9NO6. The van der Waals surface area contributed by atoms with Crippen molar-refractivity contribution in [3.63, 3.8) is 0 Å². The normalized spacial score (nSPS) is 11.0. The third kappa shape index (κ3) is 1.61. The minimum absolute atomic E-state index is 0.0497. The van der Waals surface area contributed by atoms with E-state index in [9.17, 15) is 30.5 Å². The first-order valence-corrected chi connectivity index (χ1v) is 5.89. The molecule has 0 radical (unpaired) electrons. The van der Waals surface area contributed by atoms with Crippen molar-refractivity contribution in [1.82, 2.24) is 0 Å². The van der Waals surface area contributed by atoms with Crippen LogP contribution in [0, 0.1) is 10.1 Å². The Hall–Kier alpha value is -3.22. The van der Waals surface area contributed by atoms with Crippen LogP contribution in [0.5, 0.6) is 23.0 Å². The Kier molecular flexibility index (Phi) is 2.52. The summed E-state index contributed by atoms with van der Waals surface area (Å²) < 4.78 is 0. The number of non-ortho nitro benzene ring substituents is 1. The van der Waals surface area contributed by atoms with Gasteiger partial charge in [-0.05, 0) is 12.1 Å². The topological polar surface area (TPSA) is 124 Å². The van der Waals surface area contributed by atoms with Gasteiger partial charge in [0.1, 0.15) is 28.4 Å². The Morgan fingerprint density at radius 1 is 0.810 bits per heavy atom. The van der Waals surface area contributed by atoms with Gasteiger partial charge in [0, 0.05) is 11.5 Å². The van der Waals surface area contributed by atoms with Gasteiger partial charge in [0.05, 0.1) is 15.7 Å². The zero-order valence-corrected chi connectivity index (χ0v) is 10.4. The summed E-state index contributed by atoms with van der Waals surface area (Å²) in [4.78, 5) is 10.3. The minimum Gasteiger partial charge on any atom is -0.507 e. The lowest BCUT2D eigenvalue weighted by molar-refractivity contribution is -0.383. The number of nitrogens with zero attached hydrogens (tertiary/aromatic N) is 1. The predicted molar refractivity (Wildman–Crippen MR) is 74.8 cm³/mol. The summed E-state index contributed by atoms with van der Waals surface area (Å²) in [5, 5.41) is 50.7. The van der Waals surface area contributed by atoms with Gasteiger partial charge in [-0.1, -0.05) is 12.1 Å². The van der Waals surface area contributed by atoms with Crippen LogP contribution < -0.4 is 0 Å². The molecule has 21 heavy (non-hydrogen) atoms. The average Bonchev–Trinajstić information content (AvgIpc) is 2.43. The maximum atomic E-state index is 11.1. The molecule has 4 N–H and O–H groups in total. The largest absolute Gasteiger partial charge is 0.507 e. The predicted octanol–water partition coefficient (Wildman–Crippen LogP) is 2.72. The van der Waals surface area contributed by atoms with Crippen LogP contribution in [0.1, 0.15) is 0 Å². The number of fused-ring (bicyclic) bond motifs is 2. The molecule has 0 aliphatic carbocycles. The Bertz CT molecular complexity index is 919. The van der Waals surface area contributed by atoms with Crippen LogP contribution in [0.3, 0.4) is 0 Å². The average molecular weight is 287 g/mol. The summed E-state index contributed by atoms with van der Waals surface area (Å²) in [5.74, 6) is -1.77. The number of benzene rings is 3. The molecule has 3 aromatic carbocycles. The molecule has 0 amide bonds. The van der Waals surface area contributed by atoms with E-state index in [1.165, 1.54) is 18.2 Å². The number of aromatic hydroxyl groups is 4.